The predicted molar refractivity (Wildman–Crippen MR) is 80.3 cm³/mol. The van der Waals surface area contributed by atoms with Crippen molar-refractivity contribution in [3.05, 3.63) is 48.3 Å². The molecule has 0 radical (unpaired) electrons. The molecule has 1 aromatic heterocycles. The molecule has 112 valence electrons. The van der Waals surface area contributed by atoms with Gasteiger partial charge in [0.1, 0.15) is 10.6 Å². The maximum Gasteiger partial charge on any atom is 0.244 e. The van der Waals surface area contributed by atoms with Crippen molar-refractivity contribution in [2.75, 3.05) is 12.3 Å². The summed E-state index contributed by atoms with van der Waals surface area (Å²) in [4.78, 5) is 3.92. The number of nitrogens with zero attached hydrogens (tertiary/aromatic N) is 1. The first-order valence-electron chi connectivity index (χ1n) is 6.44. The molecule has 3 N–H and O–H groups in total. The van der Waals surface area contributed by atoms with Crippen molar-refractivity contribution in [1.29, 1.82) is 0 Å². The summed E-state index contributed by atoms with van der Waals surface area (Å²) in [5.41, 5.74) is 6.85. The van der Waals surface area contributed by atoms with Gasteiger partial charge >= 0.3 is 0 Å². The molecular formula is C14H17N3O3S. The number of benzene rings is 1. The molecule has 0 fully saturated rings. The van der Waals surface area contributed by atoms with Gasteiger partial charge in [-0.15, -0.1) is 0 Å². The molecule has 0 aliphatic rings. The summed E-state index contributed by atoms with van der Waals surface area (Å²) in [5.74, 6) is 0.286. The van der Waals surface area contributed by atoms with Crippen LogP contribution in [0.5, 0.6) is 5.75 Å². The molecule has 0 saturated heterocycles. The molecule has 0 aliphatic heterocycles. The number of sulfonamides is 1. The minimum atomic E-state index is -3.71. The highest BCUT2D eigenvalue weighted by molar-refractivity contribution is 7.89. The summed E-state index contributed by atoms with van der Waals surface area (Å²) in [6, 6.07) is 8.03. The van der Waals surface area contributed by atoms with Crippen LogP contribution in [0.15, 0.2) is 47.6 Å². The average molecular weight is 307 g/mol. The molecule has 0 spiro atoms. The molecule has 6 nitrogen and oxygen atoms in total. The summed E-state index contributed by atoms with van der Waals surface area (Å²) in [6.45, 7) is 2.33. The lowest BCUT2D eigenvalue weighted by atomic mass is 10.3. The fourth-order valence-electron chi connectivity index (χ4n) is 1.77. The van der Waals surface area contributed by atoms with Gasteiger partial charge in [-0.1, -0.05) is 0 Å². The molecule has 0 unspecified atom stereocenters. The van der Waals surface area contributed by atoms with Crippen LogP contribution >= 0.6 is 0 Å². The molecule has 1 heterocycles. The van der Waals surface area contributed by atoms with E-state index < -0.39 is 10.0 Å². The average Bonchev–Trinajstić information content (AvgIpc) is 2.48. The Bertz CT molecular complexity index is 703. The second-order valence-corrected chi connectivity index (χ2v) is 6.05. The number of aromatic nitrogens is 1. The third kappa shape index (κ3) is 3.93. The van der Waals surface area contributed by atoms with Crippen LogP contribution in [-0.4, -0.2) is 20.0 Å². The molecule has 0 bridgehead atoms. The molecule has 21 heavy (non-hydrogen) atoms. The highest BCUT2D eigenvalue weighted by Crippen LogP contribution is 2.26. The quantitative estimate of drug-likeness (QED) is 0.789. The summed E-state index contributed by atoms with van der Waals surface area (Å²) in [5, 5.41) is 0. The highest BCUT2D eigenvalue weighted by atomic mass is 32.2. The Labute approximate surface area is 124 Å². The predicted octanol–water partition coefficient (Wildman–Crippen LogP) is 1.54. The summed E-state index contributed by atoms with van der Waals surface area (Å²) < 4.78 is 32.7. The standard InChI is InChI=1S/C14H17N3O3S/c1-2-20-13-4-3-12(15)9-14(13)21(18,19)17-10-11-5-7-16-8-6-11/h3-9,17H,2,10,15H2,1H3. The third-order valence-corrected chi connectivity index (χ3v) is 4.20. The van der Waals surface area contributed by atoms with Gasteiger partial charge in [0, 0.05) is 24.6 Å². The third-order valence-electron chi connectivity index (χ3n) is 2.77. The van der Waals surface area contributed by atoms with Crippen molar-refractivity contribution in [2.24, 2.45) is 0 Å². The number of anilines is 1. The Kier molecular flexibility index (Phi) is 4.77. The van der Waals surface area contributed by atoms with Gasteiger partial charge in [0.15, 0.2) is 0 Å². The van der Waals surface area contributed by atoms with E-state index in [1.54, 1.807) is 43.6 Å². The Morgan fingerprint density at radius 1 is 1.24 bits per heavy atom. The number of hydrogen-bond acceptors (Lipinski definition) is 5. The van der Waals surface area contributed by atoms with Crippen LogP contribution in [0.2, 0.25) is 0 Å². The topological polar surface area (TPSA) is 94.3 Å². The highest BCUT2D eigenvalue weighted by Gasteiger charge is 2.19. The van der Waals surface area contributed by atoms with Crippen LogP contribution < -0.4 is 15.2 Å². The largest absolute Gasteiger partial charge is 0.492 e. The fraction of sp³-hybridized carbons (Fsp3) is 0.214. The molecule has 7 heteroatoms. The maximum atomic E-state index is 12.4. The molecule has 2 rings (SSSR count). The number of nitrogens with two attached hydrogens (primary N) is 1. The number of nitrogens with one attached hydrogen (secondary N) is 1. The van der Waals surface area contributed by atoms with E-state index in [-0.39, 0.29) is 17.2 Å². The molecule has 0 aliphatic carbocycles. The minimum absolute atomic E-state index is 0.0402. The summed E-state index contributed by atoms with van der Waals surface area (Å²) >= 11 is 0. The van der Waals surface area contributed by atoms with Crippen molar-refractivity contribution in [3.8, 4) is 5.75 Å². The number of rotatable bonds is 6. The first-order chi connectivity index (χ1) is 10.0. The van der Waals surface area contributed by atoms with Gasteiger partial charge in [-0.05, 0) is 42.8 Å². The van der Waals surface area contributed by atoms with Crippen molar-refractivity contribution in [1.82, 2.24) is 9.71 Å². The monoisotopic (exact) mass is 307 g/mol. The smallest absolute Gasteiger partial charge is 0.244 e. The Morgan fingerprint density at radius 3 is 2.62 bits per heavy atom. The van der Waals surface area contributed by atoms with Crippen molar-refractivity contribution < 1.29 is 13.2 Å². The minimum Gasteiger partial charge on any atom is -0.492 e. The van der Waals surface area contributed by atoms with Crippen LogP contribution in [0.3, 0.4) is 0 Å². The second kappa shape index (κ2) is 6.55. The Morgan fingerprint density at radius 2 is 1.95 bits per heavy atom. The Hall–Kier alpha value is -2.12. The van der Waals surface area contributed by atoms with E-state index in [2.05, 4.69) is 9.71 Å². The fourth-order valence-corrected chi connectivity index (χ4v) is 2.96. The van der Waals surface area contributed by atoms with E-state index in [0.717, 1.165) is 5.56 Å². The maximum absolute atomic E-state index is 12.4. The SMILES string of the molecule is CCOc1ccc(N)cc1S(=O)(=O)NCc1ccncc1. The van der Waals surface area contributed by atoms with Gasteiger partial charge < -0.3 is 10.5 Å². The van der Waals surface area contributed by atoms with Gasteiger partial charge in [-0.3, -0.25) is 4.98 Å². The van der Waals surface area contributed by atoms with Crippen molar-refractivity contribution in [2.45, 2.75) is 18.4 Å². The molecule has 0 atom stereocenters. The van der Waals surface area contributed by atoms with E-state index >= 15 is 0 Å². The van der Waals surface area contributed by atoms with Gasteiger partial charge in [0.05, 0.1) is 6.61 Å². The van der Waals surface area contributed by atoms with Crippen LogP contribution in [-0.2, 0) is 16.6 Å². The lowest BCUT2D eigenvalue weighted by Crippen LogP contribution is -2.24. The zero-order chi connectivity index (χ0) is 15.3. The zero-order valence-electron chi connectivity index (χ0n) is 11.6. The van der Waals surface area contributed by atoms with Gasteiger partial charge in [-0.2, -0.15) is 0 Å². The number of ether oxygens (including phenoxy) is 1. The van der Waals surface area contributed by atoms with E-state index in [9.17, 15) is 8.42 Å². The van der Waals surface area contributed by atoms with E-state index in [4.69, 9.17) is 10.5 Å². The van der Waals surface area contributed by atoms with E-state index in [1.807, 2.05) is 0 Å². The Balaban J connectivity index is 2.24. The summed E-state index contributed by atoms with van der Waals surface area (Å²) in [7, 11) is -3.71. The van der Waals surface area contributed by atoms with Gasteiger partial charge in [-0.25, -0.2) is 13.1 Å². The molecule has 1 aromatic carbocycles. The number of nitrogen functional groups attached to an aromatic ring is 1. The van der Waals surface area contributed by atoms with Crippen molar-refractivity contribution in [3.63, 3.8) is 0 Å². The summed E-state index contributed by atoms with van der Waals surface area (Å²) in [6.07, 6.45) is 3.21. The molecule has 2 aromatic rings. The number of pyridine rings is 1. The first-order valence-corrected chi connectivity index (χ1v) is 7.92. The van der Waals surface area contributed by atoms with Crippen LogP contribution in [0.25, 0.3) is 0 Å². The molecule has 0 amide bonds. The number of hydrogen-bond donors (Lipinski definition) is 2. The van der Waals surface area contributed by atoms with Gasteiger partial charge in [0.25, 0.3) is 0 Å². The van der Waals surface area contributed by atoms with E-state index in [0.29, 0.717) is 12.3 Å². The molecular weight excluding hydrogens is 290 g/mol. The molecule has 0 saturated carbocycles. The lowest BCUT2D eigenvalue weighted by molar-refractivity contribution is 0.331. The normalized spacial score (nSPS) is 11.3. The lowest BCUT2D eigenvalue weighted by Gasteiger charge is -2.12. The van der Waals surface area contributed by atoms with Crippen LogP contribution in [0.1, 0.15) is 12.5 Å². The van der Waals surface area contributed by atoms with E-state index in [1.165, 1.54) is 6.07 Å². The second-order valence-electron chi connectivity index (χ2n) is 4.32. The van der Waals surface area contributed by atoms with Crippen LogP contribution in [0.4, 0.5) is 5.69 Å². The van der Waals surface area contributed by atoms with Crippen molar-refractivity contribution >= 4 is 15.7 Å². The first kappa shape index (κ1) is 15.3. The van der Waals surface area contributed by atoms with Gasteiger partial charge in [0.2, 0.25) is 10.0 Å². The zero-order valence-corrected chi connectivity index (χ0v) is 12.4. The van der Waals surface area contributed by atoms with Crippen LogP contribution in [0, 0.1) is 0 Å².